The number of nitrogens with zero attached hydrogens (tertiary/aromatic N) is 1. The van der Waals surface area contributed by atoms with Crippen LogP contribution in [0.3, 0.4) is 0 Å². The highest BCUT2D eigenvalue weighted by atomic mass is 35.5. The lowest BCUT2D eigenvalue weighted by molar-refractivity contribution is 0.858. The molecular weight excluding hydrogens is 252 g/mol. The Morgan fingerprint density at radius 1 is 1.35 bits per heavy atom. The van der Waals surface area contributed by atoms with E-state index in [1.165, 1.54) is 16.7 Å². The lowest BCUT2D eigenvalue weighted by Crippen LogP contribution is -2.09. The van der Waals surface area contributed by atoms with Crippen LogP contribution in [0, 0.1) is 0 Å². The summed E-state index contributed by atoms with van der Waals surface area (Å²) in [6, 6.07) is 6.21. The van der Waals surface area contributed by atoms with E-state index in [0.29, 0.717) is 5.25 Å². The van der Waals surface area contributed by atoms with Crippen molar-refractivity contribution in [3.05, 3.63) is 35.6 Å². The maximum absolute atomic E-state index is 6.31. The molecule has 0 saturated carbocycles. The van der Waals surface area contributed by atoms with Gasteiger partial charge in [-0.25, -0.2) is 0 Å². The van der Waals surface area contributed by atoms with Gasteiger partial charge in [0.15, 0.2) is 0 Å². The molecule has 0 amide bonds. The lowest BCUT2D eigenvalue weighted by Gasteiger charge is -2.10. The third-order valence-electron chi connectivity index (χ3n) is 3.00. The molecule has 0 unspecified atom stereocenters. The first-order valence-corrected chi connectivity index (χ1v) is 6.99. The predicted octanol–water partition coefficient (Wildman–Crippen LogP) is 3.34. The van der Waals surface area contributed by atoms with Crippen molar-refractivity contribution in [2.45, 2.75) is 16.6 Å². The number of benzene rings is 1. The molecule has 1 N–H and O–H groups in total. The molecule has 0 aliphatic carbocycles. The second-order valence-electron chi connectivity index (χ2n) is 4.24. The van der Waals surface area contributed by atoms with Gasteiger partial charge in [-0.1, -0.05) is 11.6 Å². The topological polar surface area (TPSA) is 24.9 Å². The fourth-order valence-corrected chi connectivity index (χ4v) is 3.55. The quantitative estimate of drug-likeness (QED) is 0.901. The Bertz CT molecular complexity index is 538. The summed E-state index contributed by atoms with van der Waals surface area (Å²) >= 11 is 8.19. The summed E-state index contributed by atoms with van der Waals surface area (Å²) in [5.41, 5.74) is 0. The maximum Gasteiger partial charge on any atom is 0.0548 e. The molecule has 0 bridgehead atoms. The summed E-state index contributed by atoms with van der Waals surface area (Å²) in [5.74, 6) is 0. The van der Waals surface area contributed by atoms with Crippen LogP contribution in [-0.4, -0.2) is 23.3 Å². The van der Waals surface area contributed by atoms with Crippen LogP contribution in [0.2, 0.25) is 5.02 Å². The molecule has 2 nitrogen and oxygen atoms in total. The summed E-state index contributed by atoms with van der Waals surface area (Å²) < 4.78 is 0. The molecule has 1 atom stereocenters. The Morgan fingerprint density at radius 2 is 2.29 bits per heavy atom. The highest BCUT2D eigenvalue weighted by Gasteiger charge is 2.17. The average molecular weight is 265 g/mol. The van der Waals surface area contributed by atoms with Crippen molar-refractivity contribution in [3.63, 3.8) is 0 Å². The zero-order chi connectivity index (χ0) is 11.7. The summed E-state index contributed by atoms with van der Waals surface area (Å²) in [7, 11) is 0. The lowest BCUT2D eigenvalue weighted by atomic mass is 10.2. The number of thioether (sulfide) groups is 1. The first kappa shape index (κ1) is 11.3. The highest BCUT2D eigenvalue weighted by Crippen LogP contribution is 2.35. The van der Waals surface area contributed by atoms with Gasteiger partial charge in [0, 0.05) is 34.5 Å². The van der Waals surface area contributed by atoms with Gasteiger partial charge in [0.2, 0.25) is 0 Å². The van der Waals surface area contributed by atoms with Gasteiger partial charge >= 0.3 is 0 Å². The average Bonchev–Trinajstić information content (AvgIpc) is 2.83. The molecule has 0 radical (unpaired) electrons. The third kappa shape index (κ3) is 2.41. The molecule has 1 fully saturated rings. The van der Waals surface area contributed by atoms with E-state index >= 15 is 0 Å². The molecule has 1 aliphatic rings. The zero-order valence-electron chi connectivity index (χ0n) is 9.32. The van der Waals surface area contributed by atoms with E-state index in [9.17, 15) is 0 Å². The summed E-state index contributed by atoms with van der Waals surface area (Å²) in [5, 5.41) is 7.17. The number of halogens is 1. The molecule has 17 heavy (non-hydrogen) atoms. The molecule has 88 valence electrons. The fourth-order valence-electron chi connectivity index (χ4n) is 2.09. The summed E-state index contributed by atoms with van der Waals surface area (Å²) in [6.45, 7) is 2.20. The van der Waals surface area contributed by atoms with Gasteiger partial charge in [-0.2, -0.15) is 0 Å². The number of hydrogen-bond acceptors (Lipinski definition) is 3. The molecule has 2 heterocycles. The van der Waals surface area contributed by atoms with Crippen molar-refractivity contribution in [2.24, 2.45) is 0 Å². The van der Waals surface area contributed by atoms with Crippen molar-refractivity contribution in [3.8, 4) is 0 Å². The Labute approximate surface area is 110 Å². The van der Waals surface area contributed by atoms with E-state index in [4.69, 9.17) is 11.6 Å². The first-order valence-electron chi connectivity index (χ1n) is 5.73. The van der Waals surface area contributed by atoms with Gasteiger partial charge in [0.1, 0.15) is 0 Å². The third-order valence-corrected chi connectivity index (χ3v) is 4.75. The van der Waals surface area contributed by atoms with Gasteiger partial charge in [0.05, 0.1) is 5.02 Å². The van der Waals surface area contributed by atoms with Crippen LogP contribution in [0.15, 0.2) is 35.5 Å². The number of fused-ring (bicyclic) bond motifs is 1. The molecule has 1 aromatic heterocycles. The second-order valence-corrected chi connectivity index (χ2v) is 5.99. The standard InChI is InChI=1S/C13H13ClN2S/c14-12-5-10-7-15-3-1-9(10)6-13(12)17-11-2-4-16-8-11/h1,3,5-7,11,16H,2,4,8H2/t11-/m1/s1. The number of aromatic nitrogens is 1. The van der Waals surface area contributed by atoms with Crippen LogP contribution in [0.5, 0.6) is 0 Å². The monoisotopic (exact) mass is 264 g/mol. The van der Waals surface area contributed by atoms with Gasteiger partial charge in [-0.05, 0) is 36.6 Å². The van der Waals surface area contributed by atoms with Crippen LogP contribution >= 0.6 is 23.4 Å². The normalized spacial score (nSPS) is 19.9. The number of pyridine rings is 1. The van der Waals surface area contributed by atoms with Gasteiger partial charge < -0.3 is 5.32 Å². The highest BCUT2D eigenvalue weighted by molar-refractivity contribution is 8.00. The van der Waals surface area contributed by atoms with E-state index in [1.807, 2.05) is 36.3 Å². The van der Waals surface area contributed by atoms with Crippen LogP contribution in [0.4, 0.5) is 0 Å². The van der Waals surface area contributed by atoms with Crippen LogP contribution in [-0.2, 0) is 0 Å². The predicted molar refractivity (Wildman–Crippen MR) is 73.9 cm³/mol. The zero-order valence-corrected chi connectivity index (χ0v) is 10.9. The maximum atomic E-state index is 6.31. The SMILES string of the molecule is Clc1cc2cnccc2cc1S[C@@H]1CCNC1. The van der Waals surface area contributed by atoms with Gasteiger partial charge in [-0.15, -0.1) is 11.8 Å². The van der Waals surface area contributed by atoms with Crippen molar-refractivity contribution in [1.29, 1.82) is 0 Å². The van der Waals surface area contributed by atoms with Gasteiger partial charge in [0.25, 0.3) is 0 Å². The van der Waals surface area contributed by atoms with Crippen LogP contribution in [0.1, 0.15) is 6.42 Å². The Kier molecular flexibility index (Phi) is 3.23. The molecule has 4 heteroatoms. The second kappa shape index (κ2) is 4.84. The molecule has 1 aliphatic heterocycles. The molecular formula is C13H13ClN2S. The summed E-state index contributed by atoms with van der Waals surface area (Å²) in [6.07, 6.45) is 4.89. The number of hydrogen-bond donors (Lipinski definition) is 1. The van der Waals surface area contributed by atoms with Crippen molar-refractivity contribution in [2.75, 3.05) is 13.1 Å². The Morgan fingerprint density at radius 3 is 3.12 bits per heavy atom. The minimum Gasteiger partial charge on any atom is -0.316 e. The van der Waals surface area contributed by atoms with Crippen molar-refractivity contribution >= 4 is 34.1 Å². The Balaban J connectivity index is 1.95. The number of nitrogens with one attached hydrogen (secondary N) is 1. The molecule has 1 saturated heterocycles. The van der Waals surface area contributed by atoms with Crippen LogP contribution in [0.25, 0.3) is 10.8 Å². The van der Waals surface area contributed by atoms with Crippen LogP contribution < -0.4 is 5.32 Å². The summed E-state index contributed by atoms with van der Waals surface area (Å²) in [4.78, 5) is 5.29. The number of rotatable bonds is 2. The van der Waals surface area contributed by atoms with E-state index in [2.05, 4.69) is 16.4 Å². The fraction of sp³-hybridized carbons (Fsp3) is 0.308. The van der Waals surface area contributed by atoms with E-state index in [0.717, 1.165) is 23.5 Å². The van der Waals surface area contributed by atoms with Gasteiger partial charge in [-0.3, -0.25) is 4.98 Å². The van der Waals surface area contributed by atoms with E-state index < -0.39 is 0 Å². The molecule has 0 spiro atoms. The minimum atomic E-state index is 0.645. The molecule has 3 rings (SSSR count). The molecule has 2 aromatic rings. The van der Waals surface area contributed by atoms with Crippen molar-refractivity contribution in [1.82, 2.24) is 10.3 Å². The first-order chi connectivity index (χ1) is 8.33. The van der Waals surface area contributed by atoms with Crippen molar-refractivity contribution < 1.29 is 0 Å². The Hall–Kier alpha value is -0.770. The minimum absolute atomic E-state index is 0.645. The van der Waals surface area contributed by atoms with E-state index in [-0.39, 0.29) is 0 Å². The largest absolute Gasteiger partial charge is 0.316 e. The van der Waals surface area contributed by atoms with E-state index in [1.54, 1.807) is 0 Å². The molecule has 1 aromatic carbocycles. The smallest absolute Gasteiger partial charge is 0.0548 e.